The summed E-state index contributed by atoms with van der Waals surface area (Å²) < 4.78 is 37.6. The lowest BCUT2D eigenvalue weighted by Crippen LogP contribution is -2.31. The van der Waals surface area contributed by atoms with Crippen molar-refractivity contribution in [3.05, 3.63) is 39.8 Å². The van der Waals surface area contributed by atoms with Crippen LogP contribution in [0.15, 0.2) is 34.8 Å². The molecule has 24 heavy (non-hydrogen) atoms. The summed E-state index contributed by atoms with van der Waals surface area (Å²) >= 11 is 6.92. The molecule has 1 amide bonds. The van der Waals surface area contributed by atoms with Gasteiger partial charge in [0.15, 0.2) is 0 Å². The number of benzene rings is 1. The van der Waals surface area contributed by atoms with E-state index in [1.165, 1.54) is 37.0 Å². The Balaban J connectivity index is 2.31. The van der Waals surface area contributed by atoms with Crippen molar-refractivity contribution in [3.63, 3.8) is 0 Å². The van der Waals surface area contributed by atoms with Crippen LogP contribution in [0.1, 0.15) is 16.6 Å². The van der Waals surface area contributed by atoms with Crippen LogP contribution in [0.25, 0.3) is 0 Å². The Morgan fingerprint density at radius 1 is 1.46 bits per heavy atom. The average Bonchev–Trinajstić information content (AvgIpc) is 3.03. The number of thiazole rings is 1. The van der Waals surface area contributed by atoms with Gasteiger partial charge in [-0.15, -0.1) is 11.3 Å². The number of carbonyl (C=O) groups excluding carboxylic acids is 1. The third-order valence-corrected chi connectivity index (χ3v) is 5.17. The highest BCUT2D eigenvalue weighted by atomic mass is 35.5. The lowest BCUT2D eigenvalue weighted by Gasteiger charge is -2.17. The van der Waals surface area contributed by atoms with Crippen LogP contribution in [0.2, 0.25) is 5.02 Å². The molecule has 0 fully saturated rings. The second kappa shape index (κ2) is 7.93. The molecule has 1 unspecified atom stereocenters. The summed E-state index contributed by atoms with van der Waals surface area (Å²) in [6.07, 6.45) is 0.897. The SMILES string of the molecule is COCC(C)Oc1ccc(Cl)cc1S(=O)(=O)NC(=O)c1cncs1. The third-order valence-electron chi connectivity index (χ3n) is 2.81. The van der Waals surface area contributed by atoms with Gasteiger partial charge in [0.25, 0.3) is 15.9 Å². The van der Waals surface area contributed by atoms with Gasteiger partial charge in [-0.25, -0.2) is 13.1 Å². The molecule has 10 heteroatoms. The van der Waals surface area contributed by atoms with Crippen LogP contribution in [0.3, 0.4) is 0 Å². The molecule has 0 radical (unpaired) electrons. The third kappa shape index (κ3) is 4.67. The van der Waals surface area contributed by atoms with E-state index in [4.69, 9.17) is 21.1 Å². The standard InChI is InChI=1S/C14H15ClN2O5S2/c1-9(7-21-2)22-11-4-3-10(15)5-13(11)24(19,20)17-14(18)12-6-16-8-23-12/h3-6,8-9H,7H2,1-2H3,(H,17,18). The highest BCUT2D eigenvalue weighted by Gasteiger charge is 2.25. The molecule has 0 bridgehead atoms. The number of methoxy groups -OCH3 is 1. The fourth-order valence-corrected chi connectivity index (χ4v) is 3.77. The summed E-state index contributed by atoms with van der Waals surface area (Å²) in [5.41, 5.74) is 1.43. The fraction of sp³-hybridized carbons (Fsp3) is 0.286. The van der Waals surface area contributed by atoms with E-state index in [0.29, 0.717) is 0 Å². The molecule has 0 aliphatic carbocycles. The molecule has 130 valence electrons. The van der Waals surface area contributed by atoms with Gasteiger partial charge in [0.2, 0.25) is 0 Å². The Morgan fingerprint density at radius 3 is 2.83 bits per heavy atom. The number of hydrogen-bond acceptors (Lipinski definition) is 7. The van der Waals surface area contributed by atoms with E-state index >= 15 is 0 Å². The summed E-state index contributed by atoms with van der Waals surface area (Å²) in [7, 11) is -2.66. The minimum absolute atomic E-state index is 0.0774. The van der Waals surface area contributed by atoms with Crippen molar-refractivity contribution in [2.24, 2.45) is 0 Å². The minimum Gasteiger partial charge on any atom is -0.487 e. The second-order valence-electron chi connectivity index (χ2n) is 4.78. The predicted octanol–water partition coefficient (Wildman–Crippen LogP) is 2.33. The topological polar surface area (TPSA) is 94.6 Å². The first-order valence-electron chi connectivity index (χ1n) is 6.74. The van der Waals surface area contributed by atoms with Crippen LogP contribution in [-0.2, 0) is 14.8 Å². The molecule has 7 nitrogen and oxygen atoms in total. The van der Waals surface area contributed by atoms with Gasteiger partial charge in [0, 0.05) is 12.1 Å². The lowest BCUT2D eigenvalue weighted by atomic mass is 10.3. The van der Waals surface area contributed by atoms with Gasteiger partial charge in [-0.05, 0) is 25.1 Å². The highest BCUT2D eigenvalue weighted by Crippen LogP contribution is 2.28. The molecule has 0 aliphatic rings. The normalized spacial score (nSPS) is 12.6. The number of hydrogen-bond donors (Lipinski definition) is 1. The van der Waals surface area contributed by atoms with Gasteiger partial charge in [-0.3, -0.25) is 9.78 Å². The number of sulfonamides is 1. The molecular weight excluding hydrogens is 376 g/mol. The number of ether oxygens (including phenoxy) is 2. The minimum atomic E-state index is -4.17. The number of carbonyl (C=O) groups is 1. The Labute approximate surface area is 148 Å². The number of amides is 1. The largest absolute Gasteiger partial charge is 0.487 e. The van der Waals surface area contributed by atoms with Gasteiger partial charge in [0.1, 0.15) is 21.6 Å². The van der Waals surface area contributed by atoms with Crippen molar-refractivity contribution in [2.75, 3.05) is 13.7 Å². The maximum atomic E-state index is 12.5. The van der Waals surface area contributed by atoms with Gasteiger partial charge in [-0.1, -0.05) is 11.6 Å². The van der Waals surface area contributed by atoms with Gasteiger partial charge >= 0.3 is 0 Å². The first-order chi connectivity index (χ1) is 11.3. The van der Waals surface area contributed by atoms with Crippen molar-refractivity contribution < 1.29 is 22.7 Å². The first-order valence-corrected chi connectivity index (χ1v) is 9.48. The fourth-order valence-electron chi connectivity index (χ4n) is 1.83. The van der Waals surface area contributed by atoms with Crippen molar-refractivity contribution >= 4 is 38.9 Å². The zero-order chi connectivity index (χ0) is 17.7. The molecule has 1 aromatic heterocycles. The van der Waals surface area contributed by atoms with Gasteiger partial charge in [-0.2, -0.15) is 0 Å². The maximum Gasteiger partial charge on any atom is 0.276 e. The van der Waals surface area contributed by atoms with E-state index < -0.39 is 15.9 Å². The zero-order valence-corrected chi connectivity index (χ0v) is 15.2. The Kier molecular flexibility index (Phi) is 6.16. The van der Waals surface area contributed by atoms with Crippen LogP contribution in [0.4, 0.5) is 0 Å². The van der Waals surface area contributed by atoms with Crippen molar-refractivity contribution in [2.45, 2.75) is 17.9 Å². The molecule has 1 atom stereocenters. The maximum absolute atomic E-state index is 12.5. The van der Waals surface area contributed by atoms with E-state index in [2.05, 4.69) is 4.98 Å². The van der Waals surface area contributed by atoms with E-state index in [9.17, 15) is 13.2 Å². The molecule has 0 spiro atoms. The number of nitrogens with one attached hydrogen (secondary N) is 1. The number of halogens is 1. The van der Waals surface area contributed by atoms with Crippen molar-refractivity contribution in [3.8, 4) is 5.75 Å². The quantitative estimate of drug-likeness (QED) is 0.779. The van der Waals surface area contributed by atoms with Gasteiger partial charge in [0.05, 0.1) is 18.3 Å². The Hall–Kier alpha value is -1.68. The molecular formula is C14H15ClN2O5S2. The molecule has 0 aliphatic heterocycles. The van der Waals surface area contributed by atoms with Crippen LogP contribution < -0.4 is 9.46 Å². The monoisotopic (exact) mass is 390 g/mol. The smallest absolute Gasteiger partial charge is 0.276 e. The Bertz CT molecular complexity index is 809. The van der Waals surface area contributed by atoms with Crippen LogP contribution in [0, 0.1) is 0 Å². The van der Waals surface area contributed by atoms with Crippen LogP contribution >= 0.6 is 22.9 Å². The average molecular weight is 391 g/mol. The molecule has 1 heterocycles. The summed E-state index contributed by atoms with van der Waals surface area (Å²) in [6.45, 7) is 2.00. The number of aromatic nitrogens is 1. The molecule has 2 aromatic rings. The highest BCUT2D eigenvalue weighted by molar-refractivity contribution is 7.90. The van der Waals surface area contributed by atoms with Crippen LogP contribution in [0.5, 0.6) is 5.75 Å². The molecule has 0 saturated heterocycles. The lowest BCUT2D eigenvalue weighted by molar-refractivity contribution is 0.0900. The Morgan fingerprint density at radius 2 is 2.21 bits per heavy atom. The first kappa shape index (κ1) is 18.7. The van der Waals surface area contributed by atoms with Crippen molar-refractivity contribution in [1.29, 1.82) is 0 Å². The van der Waals surface area contributed by atoms with E-state index in [1.54, 1.807) is 6.92 Å². The molecule has 1 aromatic carbocycles. The number of nitrogens with zero attached hydrogens (tertiary/aromatic N) is 1. The van der Waals surface area contributed by atoms with E-state index in [0.717, 1.165) is 11.3 Å². The summed E-state index contributed by atoms with van der Waals surface area (Å²) in [5, 5.41) is 0.201. The van der Waals surface area contributed by atoms with E-state index in [1.807, 2.05) is 4.72 Å². The summed E-state index contributed by atoms with van der Waals surface area (Å²) in [5.74, 6) is -0.693. The van der Waals surface area contributed by atoms with E-state index in [-0.39, 0.29) is 33.3 Å². The number of rotatable bonds is 7. The van der Waals surface area contributed by atoms with Crippen LogP contribution in [-0.4, -0.2) is 39.1 Å². The molecule has 1 N–H and O–H groups in total. The molecule has 2 rings (SSSR count). The summed E-state index contributed by atoms with van der Waals surface area (Å²) in [4.78, 5) is 15.7. The summed E-state index contributed by atoms with van der Waals surface area (Å²) in [6, 6.07) is 4.15. The second-order valence-corrected chi connectivity index (χ2v) is 7.75. The van der Waals surface area contributed by atoms with Gasteiger partial charge < -0.3 is 9.47 Å². The van der Waals surface area contributed by atoms with Crippen molar-refractivity contribution in [1.82, 2.24) is 9.71 Å². The molecule has 0 saturated carbocycles. The predicted molar refractivity (Wildman–Crippen MR) is 90.2 cm³/mol. The zero-order valence-electron chi connectivity index (χ0n) is 12.9.